The number of sulfonamides is 1. The summed E-state index contributed by atoms with van der Waals surface area (Å²) in [5, 5.41) is 0. The molecule has 2 heterocycles. The molecule has 1 fully saturated rings. The van der Waals surface area contributed by atoms with Crippen LogP contribution in [0.4, 0.5) is 0 Å². The number of hydrogen-bond acceptors (Lipinski definition) is 4. The summed E-state index contributed by atoms with van der Waals surface area (Å²) in [6.07, 6.45) is 0.688. The van der Waals surface area contributed by atoms with Crippen LogP contribution in [0.2, 0.25) is 0 Å². The van der Waals surface area contributed by atoms with Gasteiger partial charge in [-0.1, -0.05) is 6.07 Å². The Labute approximate surface area is 108 Å². The number of aromatic nitrogens is 1. The average Bonchev–Trinajstić information content (AvgIpc) is 2.57. The molecule has 5 nitrogen and oxygen atoms in total. The maximum absolute atomic E-state index is 11.9. The van der Waals surface area contributed by atoms with E-state index >= 15 is 0 Å². The molecule has 0 aromatic carbocycles. The fourth-order valence-corrected chi connectivity index (χ4v) is 3.90. The lowest BCUT2D eigenvalue weighted by atomic mass is 10.2. The molecule has 18 heavy (non-hydrogen) atoms. The van der Waals surface area contributed by atoms with Gasteiger partial charge in [0.25, 0.3) is 0 Å². The Morgan fingerprint density at radius 2 is 2.28 bits per heavy atom. The lowest BCUT2D eigenvalue weighted by molar-refractivity contribution is 0.319. The highest BCUT2D eigenvalue weighted by molar-refractivity contribution is 7.89. The van der Waals surface area contributed by atoms with Crippen molar-refractivity contribution < 1.29 is 13.2 Å². The topological polar surface area (TPSA) is 59.5 Å². The molecule has 1 atom stereocenters. The maximum atomic E-state index is 11.9. The fourth-order valence-electron chi connectivity index (χ4n) is 2.04. The fraction of sp³-hybridized carbons (Fsp3) is 0.583. The highest BCUT2D eigenvalue weighted by Crippen LogP contribution is 2.23. The second-order valence-electron chi connectivity index (χ2n) is 4.40. The van der Waals surface area contributed by atoms with E-state index < -0.39 is 10.0 Å². The standard InChI is InChI=1S/C12H18N2O3S/c1-3-17-12-6-4-5-11(13-12)9-14-10(2)7-8-18(14,15)16/h4-6,10H,3,7-9H2,1-2H3. The average molecular weight is 270 g/mol. The van der Waals surface area contributed by atoms with E-state index in [1.807, 2.05) is 26.0 Å². The van der Waals surface area contributed by atoms with Gasteiger partial charge in [-0.25, -0.2) is 13.4 Å². The number of hydrogen-bond donors (Lipinski definition) is 0. The minimum atomic E-state index is -3.11. The van der Waals surface area contributed by atoms with Crippen molar-refractivity contribution in [3.63, 3.8) is 0 Å². The quantitative estimate of drug-likeness (QED) is 0.830. The summed E-state index contributed by atoms with van der Waals surface area (Å²) in [5.74, 6) is 0.776. The Morgan fingerprint density at radius 3 is 2.89 bits per heavy atom. The van der Waals surface area contributed by atoms with Crippen molar-refractivity contribution in [1.82, 2.24) is 9.29 Å². The van der Waals surface area contributed by atoms with Crippen molar-refractivity contribution >= 4 is 10.0 Å². The molecule has 1 aliphatic heterocycles. The first-order valence-corrected chi connectivity index (χ1v) is 7.72. The molecule has 0 N–H and O–H groups in total. The van der Waals surface area contributed by atoms with Crippen LogP contribution in [0.15, 0.2) is 18.2 Å². The van der Waals surface area contributed by atoms with Crippen molar-refractivity contribution in [3.8, 4) is 5.88 Å². The molecule has 0 aliphatic carbocycles. The Kier molecular flexibility index (Phi) is 3.87. The zero-order chi connectivity index (χ0) is 13.2. The van der Waals surface area contributed by atoms with Crippen LogP contribution in [0, 0.1) is 0 Å². The molecule has 6 heteroatoms. The molecule has 1 saturated heterocycles. The lowest BCUT2D eigenvalue weighted by Gasteiger charge is -2.19. The second kappa shape index (κ2) is 5.24. The molecule has 0 spiro atoms. The number of ether oxygens (including phenoxy) is 1. The Balaban J connectivity index is 2.16. The SMILES string of the molecule is CCOc1cccc(CN2C(C)CCS2(=O)=O)n1. The predicted octanol–water partition coefficient (Wildman–Crippen LogP) is 1.40. The summed E-state index contributed by atoms with van der Waals surface area (Å²) in [5.41, 5.74) is 0.721. The molecule has 100 valence electrons. The van der Waals surface area contributed by atoms with Gasteiger partial charge in [-0.15, -0.1) is 0 Å². The van der Waals surface area contributed by atoms with Gasteiger partial charge < -0.3 is 4.74 Å². The first-order chi connectivity index (χ1) is 8.53. The van der Waals surface area contributed by atoms with E-state index in [0.717, 1.165) is 5.69 Å². The van der Waals surface area contributed by atoms with Gasteiger partial charge in [0.2, 0.25) is 15.9 Å². The smallest absolute Gasteiger partial charge is 0.214 e. The molecule has 1 aliphatic rings. The van der Waals surface area contributed by atoms with Crippen LogP contribution in [0.5, 0.6) is 5.88 Å². The van der Waals surface area contributed by atoms with Gasteiger partial charge in [-0.05, 0) is 26.3 Å². The van der Waals surface area contributed by atoms with Gasteiger partial charge in [0.1, 0.15) is 0 Å². The van der Waals surface area contributed by atoms with E-state index in [1.54, 1.807) is 6.07 Å². The Bertz CT molecular complexity index is 516. The van der Waals surface area contributed by atoms with E-state index in [1.165, 1.54) is 4.31 Å². The monoisotopic (exact) mass is 270 g/mol. The van der Waals surface area contributed by atoms with Crippen LogP contribution in [-0.4, -0.2) is 36.1 Å². The maximum Gasteiger partial charge on any atom is 0.214 e. The Hall–Kier alpha value is -1.14. The Morgan fingerprint density at radius 1 is 1.50 bits per heavy atom. The number of pyridine rings is 1. The zero-order valence-electron chi connectivity index (χ0n) is 10.7. The van der Waals surface area contributed by atoms with E-state index in [2.05, 4.69) is 4.98 Å². The number of nitrogens with zero attached hydrogens (tertiary/aromatic N) is 2. The van der Waals surface area contributed by atoms with Gasteiger partial charge >= 0.3 is 0 Å². The van der Waals surface area contributed by atoms with Crippen LogP contribution in [0.25, 0.3) is 0 Å². The first kappa shape index (κ1) is 13.3. The minimum Gasteiger partial charge on any atom is -0.478 e. The van der Waals surface area contributed by atoms with E-state index in [0.29, 0.717) is 25.5 Å². The van der Waals surface area contributed by atoms with Crippen LogP contribution in [-0.2, 0) is 16.6 Å². The third kappa shape index (κ3) is 2.81. The molecule has 2 rings (SSSR count). The van der Waals surface area contributed by atoms with Crippen LogP contribution < -0.4 is 4.74 Å². The third-order valence-electron chi connectivity index (χ3n) is 3.03. The highest BCUT2D eigenvalue weighted by Gasteiger charge is 2.34. The zero-order valence-corrected chi connectivity index (χ0v) is 11.5. The normalized spacial score (nSPS) is 23.1. The van der Waals surface area contributed by atoms with Crippen molar-refractivity contribution in [2.24, 2.45) is 0 Å². The highest BCUT2D eigenvalue weighted by atomic mass is 32.2. The summed E-state index contributed by atoms with van der Waals surface area (Å²) in [7, 11) is -3.11. The summed E-state index contributed by atoms with van der Waals surface area (Å²) in [6, 6.07) is 5.48. The van der Waals surface area contributed by atoms with Crippen molar-refractivity contribution in [3.05, 3.63) is 23.9 Å². The predicted molar refractivity (Wildman–Crippen MR) is 68.8 cm³/mol. The summed E-state index contributed by atoms with van der Waals surface area (Å²) in [4.78, 5) is 4.30. The summed E-state index contributed by atoms with van der Waals surface area (Å²) < 4.78 is 30.5. The molecule has 0 saturated carbocycles. The molecular weight excluding hydrogens is 252 g/mol. The van der Waals surface area contributed by atoms with E-state index in [-0.39, 0.29) is 11.8 Å². The van der Waals surface area contributed by atoms with Crippen LogP contribution in [0.3, 0.4) is 0 Å². The molecule has 0 amide bonds. The molecule has 1 unspecified atom stereocenters. The molecular formula is C12H18N2O3S. The van der Waals surface area contributed by atoms with Crippen LogP contribution >= 0.6 is 0 Å². The van der Waals surface area contributed by atoms with E-state index in [4.69, 9.17) is 4.74 Å². The van der Waals surface area contributed by atoms with Gasteiger partial charge in [0, 0.05) is 12.1 Å². The lowest BCUT2D eigenvalue weighted by Crippen LogP contribution is -2.31. The van der Waals surface area contributed by atoms with Crippen LogP contribution in [0.1, 0.15) is 26.0 Å². The first-order valence-electron chi connectivity index (χ1n) is 6.11. The second-order valence-corrected chi connectivity index (χ2v) is 6.44. The molecule has 0 bridgehead atoms. The van der Waals surface area contributed by atoms with E-state index in [9.17, 15) is 8.42 Å². The summed E-state index contributed by atoms with van der Waals surface area (Å²) >= 11 is 0. The largest absolute Gasteiger partial charge is 0.478 e. The van der Waals surface area contributed by atoms with Gasteiger partial charge in [-0.3, -0.25) is 0 Å². The summed E-state index contributed by atoms with van der Waals surface area (Å²) in [6.45, 7) is 4.69. The third-order valence-corrected chi connectivity index (χ3v) is 4.99. The molecule has 1 aromatic rings. The molecule has 0 radical (unpaired) electrons. The molecule has 1 aromatic heterocycles. The van der Waals surface area contributed by atoms with Gasteiger partial charge in [0.15, 0.2) is 0 Å². The van der Waals surface area contributed by atoms with Gasteiger partial charge in [0.05, 0.1) is 24.6 Å². The van der Waals surface area contributed by atoms with Crippen molar-refractivity contribution in [2.45, 2.75) is 32.9 Å². The van der Waals surface area contributed by atoms with Crippen molar-refractivity contribution in [2.75, 3.05) is 12.4 Å². The van der Waals surface area contributed by atoms with Gasteiger partial charge in [-0.2, -0.15) is 4.31 Å². The number of rotatable bonds is 4. The van der Waals surface area contributed by atoms with Crippen molar-refractivity contribution in [1.29, 1.82) is 0 Å². The minimum absolute atomic E-state index is 0.0487.